The lowest BCUT2D eigenvalue weighted by Crippen LogP contribution is -2.18. The Morgan fingerprint density at radius 2 is 1.57 bits per heavy atom. The molecular weight excluding hydrogens is 374 g/mol. The Hall–Kier alpha value is -3.47. The Kier molecular flexibility index (Phi) is 5.36. The third-order valence-corrected chi connectivity index (χ3v) is 5.33. The molecule has 0 aliphatic heterocycles. The molecule has 2 heterocycles. The SMILES string of the molecule is Cc1ccc(C(C)(C)c2ccc(OCc3cc(-c4nc(C)no4)ccn3)cc2)cc1. The monoisotopic (exact) mass is 399 g/mol. The third-order valence-electron chi connectivity index (χ3n) is 5.33. The van der Waals surface area contributed by atoms with Crippen LogP contribution in [0.5, 0.6) is 5.75 Å². The lowest BCUT2D eigenvalue weighted by molar-refractivity contribution is 0.301. The van der Waals surface area contributed by atoms with Crippen molar-refractivity contribution in [1.29, 1.82) is 0 Å². The number of aryl methyl sites for hydroxylation is 2. The quantitative estimate of drug-likeness (QED) is 0.419. The first-order valence-electron chi connectivity index (χ1n) is 9.98. The average Bonchev–Trinajstić information content (AvgIpc) is 3.19. The van der Waals surface area contributed by atoms with Crippen molar-refractivity contribution in [2.45, 2.75) is 39.7 Å². The van der Waals surface area contributed by atoms with Gasteiger partial charge in [0.05, 0.1) is 5.69 Å². The molecular formula is C25H25N3O2. The molecule has 0 saturated carbocycles. The van der Waals surface area contributed by atoms with Crippen molar-refractivity contribution >= 4 is 0 Å². The van der Waals surface area contributed by atoms with Crippen molar-refractivity contribution in [2.24, 2.45) is 0 Å². The second-order valence-electron chi connectivity index (χ2n) is 7.99. The average molecular weight is 399 g/mol. The van der Waals surface area contributed by atoms with Crippen LogP contribution in [0.3, 0.4) is 0 Å². The van der Waals surface area contributed by atoms with Gasteiger partial charge >= 0.3 is 0 Å². The van der Waals surface area contributed by atoms with Crippen LogP contribution in [-0.4, -0.2) is 15.1 Å². The summed E-state index contributed by atoms with van der Waals surface area (Å²) < 4.78 is 11.2. The zero-order valence-corrected chi connectivity index (χ0v) is 17.7. The molecule has 0 saturated heterocycles. The molecule has 2 aromatic heterocycles. The highest BCUT2D eigenvalue weighted by atomic mass is 16.5. The van der Waals surface area contributed by atoms with Gasteiger partial charge in [0.25, 0.3) is 5.89 Å². The van der Waals surface area contributed by atoms with Gasteiger partial charge in [0.1, 0.15) is 12.4 Å². The van der Waals surface area contributed by atoms with Gasteiger partial charge in [-0.05, 0) is 49.2 Å². The van der Waals surface area contributed by atoms with Crippen LogP contribution in [0, 0.1) is 13.8 Å². The van der Waals surface area contributed by atoms with Crippen LogP contribution < -0.4 is 4.74 Å². The van der Waals surface area contributed by atoms with Gasteiger partial charge in [-0.1, -0.05) is 61.0 Å². The van der Waals surface area contributed by atoms with Crippen molar-refractivity contribution in [3.63, 3.8) is 0 Å². The van der Waals surface area contributed by atoms with Gasteiger partial charge in [-0.15, -0.1) is 0 Å². The Morgan fingerprint density at radius 1 is 0.900 bits per heavy atom. The Morgan fingerprint density at radius 3 is 2.20 bits per heavy atom. The van der Waals surface area contributed by atoms with Crippen LogP contribution in [-0.2, 0) is 12.0 Å². The molecule has 0 N–H and O–H groups in total. The first-order valence-corrected chi connectivity index (χ1v) is 9.98. The van der Waals surface area contributed by atoms with E-state index in [1.54, 1.807) is 13.1 Å². The third kappa shape index (κ3) is 4.25. The van der Waals surface area contributed by atoms with Gasteiger partial charge in [0, 0.05) is 17.2 Å². The van der Waals surface area contributed by atoms with Gasteiger partial charge in [-0.2, -0.15) is 4.98 Å². The number of hydrogen-bond donors (Lipinski definition) is 0. The van der Waals surface area contributed by atoms with Crippen molar-refractivity contribution in [3.05, 3.63) is 95.1 Å². The fourth-order valence-corrected chi connectivity index (χ4v) is 3.37. The molecule has 152 valence electrons. The van der Waals surface area contributed by atoms with Crippen molar-refractivity contribution in [3.8, 4) is 17.2 Å². The van der Waals surface area contributed by atoms with E-state index in [1.165, 1.54) is 16.7 Å². The first-order chi connectivity index (χ1) is 14.4. The van der Waals surface area contributed by atoms with Crippen LogP contribution in [0.15, 0.2) is 71.4 Å². The molecule has 0 spiro atoms. The van der Waals surface area contributed by atoms with Crippen molar-refractivity contribution < 1.29 is 9.26 Å². The summed E-state index contributed by atoms with van der Waals surface area (Å²) in [6, 6.07) is 20.7. The predicted octanol–water partition coefficient (Wildman–Crippen LogP) is 5.65. The fraction of sp³-hybridized carbons (Fsp3) is 0.240. The largest absolute Gasteiger partial charge is 0.487 e. The zero-order chi connectivity index (χ0) is 21.1. The molecule has 4 rings (SSSR count). The first kappa shape index (κ1) is 19.8. The van der Waals surface area contributed by atoms with E-state index in [9.17, 15) is 0 Å². The normalized spacial score (nSPS) is 11.5. The van der Waals surface area contributed by atoms with E-state index in [4.69, 9.17) is 9.26 Å². The number of rotatable bonds is 6. The maximum Gasteiger partial charge on any atom is 0.258 e. The molecule has 0 aliphatic carbocycles. The lowest BCUT2D eigenvalue weighted by Gasteiger charge is -2.26. The number of nitrogens with zero attached hydrogens (tertiary/aromatic N) is 3. The molecule has 4 aromatic rings. The van der Waals surface area contributed by atoms with Crippen LogP contribution in [0.4, 0.5) is 0 Å². The maximum absolute atomic E-state index is 5.95. The summed E-state index contributed by atoms with van der Waals surface area (Å²) in [4.78, 5) is 8.63. The molecule has 2 aromatic carbocycles. The van der Waals surface area contributed by atoms with Crippen LogP contribution in [0.25, 0.3) is 11.5 Å². The van der Waals surface area contributed by atoms with Crippen LogP contribution >= 0.6 is 0 Å². The second kappa shape index (κ2) is 8.11. The van der Waals surface area contributed by atoms with E-state index >= 15 is 0 Å². The molecule has 0 radical (unpaired) electrons. The lowest BCUT2D eigenvalue weighted by atomic mass is 9.78. The van der Waals surface area contributed by atoms with E-state index in [0.717, 1.165) is 17.0 Å². The summed E-state index contributed by atoms with van der Waals surface area (Å²) in [5, 5.41) is 3.83. The molecule has 5 heteroatoms. The van der Waals surface area contributed by atoms with E-state index in [2.05, 4.69) is 72.3 Å². The number of hydrogen-bond acceptors (Lipinski definition) is 5. The minimum absolute atomic E-state index is 0.0790. The predicted molar refractivity (Wildman–Crippen MR) is 116 cm³/mol. The highest BCUT2D eigenvalue weighted by Crippen LogP contribution is 2.32. The molecule has 0 fully saturated rings. The van der Waals surface area contributed by atoms with Crippen molar-refractivity contribution in [2.75, 3.05) is 0 Å². The summed E-state index contributed by atoms with van der Waals surface area (Å²) >= 11 is 0. The molecule has 0 bridgehead atoms. The Balaban J connectivity index is 1.45. The zero-order valence-electron chi connectivity index (χ0n) is 17.7. The minimum Gasteiger partial charge on any atom is -0.487 e. The molecule has 0 aliphatic rings. The topological polar surface area (TPSA) is 61.0 Å². The molecule has 30 heavy (non-hydrogen) atoms. The second-order valence-corrected chi connectivity index (χ2v) is 7.99. The minimum atomic E-state index is -0.0790. The molecule has 0 unspecified atom stereocenters. The number of aromatic nitrogens is 3. The summed E-state index contributed by atoms with van der Waals surface area (Å²) in [5.41, 5.74) is 5.35. The van der Waals surface area contributed by atoms with Gasteiger partial charge < -0.3 is 9.26 Å². The summed E-state index contributed by atoms with van der Waals surface area (Å²) in [7, 11) is 0. The van der Waals surface area contributed by atoms with E-state index in [1.807, 2.05) is 24.3 Å². The molecule has 5 nitrogen and oxygen atoms in total. The van der Waals surface area contributed by atoms with Gasteiger partial charge in [0.2, 0.25) is 0 Å². The van der Waals surface area contributed by atoms with Gasteiger partial charge in [-0.3, -0.25) is 4.98 Å². The van der Waals surface area contributed by atoms with Gasteiger partial charge in [-0.25, -0.2) is 0 Å². The van der Waals surface area contributed by atoms with Crippen LogP contribution in [0.1, 0.15) is 42.1 Å². The maximum atomic E-state index is 5.95. The summed E-state index contributed by atoms with van der Waals surface area (Å²) in [6.07, 6.45) is 1.72. The highest BCUT2D eigenvalue weighted by molar-refractivity contribution is 5.52. The standard InChI is InChI=1S/C25H25N3O2/c1-17-5-7-20(8-6-17)25(3,4)21-9-11-23(12-10-21)29-16-22-15-19(13-14-26-22)24-27-18(2)28-30-24/h5-15H,16H2,1-4H3. The number of pyridine rings is 1. The Bertz CT molecular complexity index is 1130. The Labute approximate surface area is 176 Å². The van der Waals surface area contributed by atoms with Crippen molar-refractivity contribution in [1.82, 2.24) is 15.1 Å². The smallest absolute Gasteiger partial charge is 0.258 e. The molecule has 0 amide bonds. The number of benzene rings is 2. The van der Waals surface area contributed by atoms with E-state index in [0.29, 0.717) is 18.3 Å². The number of ether oxygens (including phenoxy) is 1. The molecule has 0 atom stereocenters. The van der Waals surface area contributed by atoms with Gasteiger partial charge in [0.15, 0.2) is 5.82 Å². The summed E-state index contributed by atoms with van der Waals surface area (Å²) in [6.45, 7) is 8.74. The van der Waals surface area contributed by atoms with E-state index < -0.39 is 0 Å². The fourth-order valence-electron chi connectivity index (χ4n) is 3.37. The highest BCUT2D eigenvalue weighted by Gasteiger charge is 2.22. The van der Waals surface area contributed by atoms with E-state index in [-0.39, 0.29) is 5.41 Å². The van der Waals surface area contributed by atoms with Crippen LogP contribution in [0.2, 0.25) is 0 Å². The summed E-state index contributed by atoms with van der Waals surface area (Å²) in [5.74, 6) is 1.89.